The summed E-state index contributed by atoms with van der Waals surface area (Å²) in [6, 6.07) is 7.22. The van der Waals surface area contributed by atoms with Crippen molar-refractivity contribution in [1.82, 2.24) is 4.90 Å². The first-order chi connectivity index (χ1) is 11.0. The molecule has 2 atom stereocenters. The van der Waals surface area contributed by atoms with Gasteiger partial charge in [-0.15, -0.1) is 0 Å². The number of piperidine rings is 1. The van der Waals surface area contributed by atoms with Gasteiger partial charge in [0.15, 0.2) is 0 Å². The Morgan fingerprint density at radius 1 is 1.48 bits per heavy atom. The number of benzene rings is 1. The first-order valence-corrected chi connectivity index (χ1v) is 8.77. The molecule has 23 heavy (non-hydrogen) atoms. The van der Waals surface area contributed by atoms with Crippen molar-refractivity contribution in [1.29, 1.82) is 0 Å². The molecule has 0 aliphatic carbocycles. The van der Waals surface area contributed by atoms with Gasteiger partial charge in [0.2, 0.25) is 5.91 Å². The monoisotopic (exact) mass is 382 g/mol. The van der Waals surface area contributed by atoms with Crippen LogP contribution in [0.5, 0.6) is 0 Å². The van der Waals surface area contributed by atoms with Gasteiger partial charge in [-0.3, -0.25) is 14.5 Å². The third-order valence-electron chi connectivity index (χ3n) is 4.09. The van der Waals surface area contributed by atoms with Crippen molar-refractivity contribution in [2.45, 2.75) is 32.7 Å². The zero-order chi connectivity index (χ0) is 16.8. The number of carbonyl (C=O) groups excluding carboxylic acids is 2. The molecule has 1 aromatic carbocycles. The number of esters is 1. The van der Waals surface area contributed by atoms with E-state index in [1.54, 1.807) is 0 Å². The molecule has 0 bridgehead atoms. The van der Waals surface area contributed by atoms with Gasteiger partial charge in [0.05, 0.1) is 18.6 Å². The van der Waals surface area contributed by atoms with Gasteiger partial charge >= 0.3 is 5.97 Å². The molecule has 1 aliphatic rings. The molecule has 1 aromatic rings. The van der Waals surface area contributed by atoms with Crippen LogP contribution in [0.3, 0.4) is 0 Å². The number of anilines is 1. The first kappa shape index (κ1) is 17.9. The van der Waals surface area contributed by atoms with Crippen molar-refractivity contribution < 1.29 is 14.3 Å². The van der Waals surface area contributed by atoms with Crippen LogP contribution in [0.4, 0.5) is 5.69 Å². The number of hydrogen-bond donors (Lipinski definition) is 1. The lowest BCUT2D eigenvalue weighted by Crippen LogP contribution is -2.48. The van der Waals surface area contributed by atoms with Gasteiger partial charge in [0.25, 0.3) is 0 Å². The van der Waals surface area contributed by atoms with Crippen LogP contribution < -0.4 is 5.32 Å². The van der Waals surface area contributed by atoms with E-state index >= 15 is 0 Å². The van der Waals surface area contributed by atoms with E-state index in [0.29, 0.717) is 13.2 Å². The highest BCUT2D eigenvalue weighted by atomic mass is 79.9. The predicted octanol–water partition coefficient (Wildman–Crippen LogP) is 3.05. The van der Waals surface area contributed by atoms with Crippen LogP contribution in [-0.4, -0.2) is 42.5 Å². The summed E-state index contributed by atoms with van der Waals surface area (Å²) in [5.41, 5.74) is 0.759. The van der Waals surface area contributed by atoms with Crippen LogP contribution >= 0.6 is 15.9 Å². The van der Waals surface area contributed by atoms with E-state index in [9.17, 15) is 9.59 Å². The Morgan fingerprint density at radius 2 is 2.26 bits per heavy atom. The second-order valence-corrected chi connectivity index (χ2v) is 6.68. The number of amides is 1. The molecular formula is C17H23BrN2O3. The van der Waals surface area contributed by atoms with Gasteiger partial charge in [0.1, 0.15) is 0 Å². The van der Waals surface area contributed by atoms with Gasteiger partial charge in [0, 0.05) is 16.7 Å². The molecule has 0 spiro atoms. The summed E-state index contributed by atoms with van der Waals surface area (Å²) >= 11 is 3.39. The number of ether oxygens (including phenoxy) is 1. The Morgan fingerprint density at radius 3 is 2.96 bits per heavy atom. The Labute approximate surface area is 145 Å². The number of carbonyl (C=O) groups is 2. The molecule has 1 N–H and O–H groups in total. The Hall–Kier alpha value is -1.40. The van der Waals surface area contributed by atoms with Crippen molar-refractivity contribution in [3.05, 3.63) is 28.7 Å². The minimum Gasteiger partial charge on any atom is -0.466 e. The van der Waals surface area contributed by atoms with Gasteiger partial charge in [-0.05, 0) is 51.4 Å². The van der Waals surface area contributed by atoms with Crippen LogP contribution in [-0.2, 0) is 14.3 Å². The van der Waals surface area contributed by atoms with E-state index in [0.717, 1.165) is 29.5 Å². The number of nitrogens with zero attached hydrogens (tertiary/aromatic N) is 1. The molecule has 126 valence electrons. The third kappa shape index (κ3) is 5.04. The fraction of sp³-hybridized carbons (Fsp3) is 0.529. The summed E-state index contributed by atoms with van der Waals surface area (Å²) in [6.45, 7) is 5.48. The molecular weight excluding hydrogens is 360 g/mol. The maximum absolute atomic E-state index is 12.4. The molecule has 6 heteroatoms. The minimum atomic E-state index is -0.286. The average Bonchev–Trinajstić information content (AvgIpc) is 2.54. The minimum absolute atomic E-state index is 0.0624. The molecule has 0 saturated carbocycles. The summed E-state index contributed by atoms with van der Waals surface area (Å²) in [5.74, 6) is -0.353. The lowest BCUT2D eigenvalue weighted by atomic mass is 9.97. The third-order valence-corrected chi connectivity index (χ3v) is 4.59. The van der Waals surface area contributed by atoms with Crippen LogP contribution in [0.2, 0.25) is 0 Å². The Bertz CT molecular complexity index is 565. The summed E-state index contributed by atoms with van der Waals surface area (Å²) in [5, 5.41) is 2.92. The van der Waals surface area contributed by atoms with E-state index in [2.05, 4.69) is 26.1 Å². The zero-order valence-electron chi connectivity index (χ0n) is 13.5. The van der Waals surface area contributed by atoms with Crippen molar-refractivity contribution >= 4 is 33.5 Å². The van der Waals surface area contributed by atoms with E-state index < -0.39 is 0 Å². The fourth-order valence-electron chi connectivity index (χ4n) is 2.79. The highest BCUT2D eigenvalue weighted by Gasteiger charge is 2.31. The average molecular weight is 383 g/mol. The molecule has 2 rings (SSSR count). The van der Waals surface area contributed by atoms with Crippen LogP contribution in [0.25, 0.3) is 0 Å². The maximum Gasteiger partial charge on any atom is 0.310 e. The highest BCUT2D eigenvalue weighted by Crippen LogP contribution is 2.21. The lowest BCUT2D eigenvalue weighted by Gasteiger charge is -2.35. The largest absolute Gasteiger partial charge is 0.466 e. The first-order valence-electron chi connectivity index (χ1n) is 7.98. The summed E-state index contributed by atoms with van der Waals surface area (Å²) in [4.78, 5) is 26.4. The molecule has 1 heterocycles. The standard InChI is InChI=1S/C17H23BrN2O3/c1-3-23-17(22)13-6-5-9-20(11-13)12(2)16(21)19-15-8-4-7-14(18)10-15/h4,7-8,10,12-13H,3,5-6,9,11H2,1-2H3,(H,19,21). The zero-order valence-corrected chi connectivity index (χ0v) is 15.1. The van der Waals surface area contributed by atoms with E-state index in [1.807, 2.05) is 38.1 Å². The molecule has 1 fully saturated rings. The van der Waals surface area contributed by atoms with Crippen molar-refractivity contribution in [2.24, 2.45) is 5.92 Å². The normalized spacial score (nSPS) is 19.9. The van der Waals surface area contributed by atoms with E-state index in [-0.39, 0.29) is 23.8 Å². The maximum atomic E-state index is 12.4. The van der Waals surface area contributed by atoms with Crippen molar-refractivity contribution in [3.63, 3.8) is 0 Å². The number of rotatable bonds is 5. The molecule has 1 aliphatic heterocycles. The topological polar surface area (TPSA) is 58.6 Å². The molecule has 2 unspecified atom stereocenters. The van der Waals surface area contributed by atoms with Gasteiger partial charge in [-0.2, -0.15) is 0 Å². The molecule has 0 radical (unpaired) electrons. The molecule has 5 nitrogen and oxygen atoms in total. The molecule has 1 saturated heterocycles. The summed E-state index contributed by atoms with van der Waals surface area (Å²) in [6.07, 6.45) is 1.73. The van der Waals surface area contributed by atoms with E-state index in [4.69, 9.17) is 4.74 Å². The Balaban J connectivity index is 1.94. The second-order valence-electron chi connectivity index (χ2n) is 5.76. The second kappa shape index (κ2) is 8.45. The fourth-order valence-corrected chi connectivity index (χ4v) is 3.19. The van der Waals surface area contributed by atoms with Crippen molar-refractivity contribution in [2.75, 3.05) is 25.0 Å². The SMILES string of the molecule is CCOC(=O)C1CCCN(C(C)C(=O)Nc2cccc(Br)c2)C1. The number of hydrogen-bond acceptors (Lipinski definition) is 4. The number of likely N-dealkylation sites (tertiary alicyclic amines) is 1. The van der Waals surface area contributed by atoms with Crippen LogP contribution in [0.1, 0.15) is 26.7 Å². The highest BCUT2D eigenvalue weighted by molar-refractivity contribution is 9.10. The number of nitrogens with one attached hydrogen (secondary N) is 1. The quantitative estimate of drug-likeness (QED) is 0.795. The van der Waals surface area contributed by atoms with Gasteiger partial charge in [-0.1, -0.05) is 22.0 Å². The van der Waals surface area contributed by atoms with E-state index in [1.165, 1.54) is 0 Å². The summed E-state index contributed by atoms with van der Waals surface area (Å²) in [7, 11) is 0. The lowest BCUT2D eigenvalue weighted by molar-refractivity contribution is -0.150. The Kier molecular flexibility index (Phi) is 6.59. The molecule has 1 amide bonds. The van der Waals surface area contributed by atoms with Gasteiger partial charge < -0.3 is 10.1 Å². The van der Waals surface area contributed by atoms with Gasteiger partial charge in [-0.25, -0.2) is 0 Å². The van der Waals surface area contributed by atoms with Crippen LogP contribution in [0, 0.1) is 5.92 Å². The van der Waals surface area contributed by atoms with Crippen LogP contribution in [0.15, 0.2) is 28.7 Å². The number of halogens is 1. The smallest absolute Gasteiger partial charge is 0.310 e. The predicted molar refractivity (Wildman–Crippen MR) is 93.2 cm³/mol. The molecule has 0 aromatic heterocycles. The van der Waals surface area contributed by atoms with Crippen molar-refractivity contribution in [3.8, 4) is 0 Å². The summed E-state index contributed by atoms with van der Waals surface area (Å²) < 4.78 is 6.03.